The minimum absolute atomic E-state index is 0.0380. The standard InChI is InChI=1S/C12H19N3O/c1-12(2)7-10(5-6-16-12)15-11-4-3-9(13)8-14-11/h3-4,8,10H,5-7,13H2,1-2H3,(H,14,15). The van der Waals surface area contributed by atoms with E-state index >= 15 is 0 Å². The fraction of sp³-hybridized carbons (Fsp3) is 0.583. The molecule has 1 aromatic rings. The number of hydrogen-bond donors (Lipinski definition) is 2. The lowest BCUT2D eigenvalue weighted by Crippen LogP contribution is -2.40. The first-order valence-corrected chi connectivity index (χ1v) is 5.67. The maximum absolute atomic E-state index is 5.67. The molecule has 2 rings (SSSR count). The maximum atomic E-state index is 5.67. The molecular formula is C12H19N3O. The molecular weight excluding hydrogens is 202 g/mol. The number of pyridine rings is 1. The number of anilines is 2. The van der Waals surface area contributed by atoms with Gasteiger partial charge in [-0.3, -0.25) is 0 Å². The maximum Gasteiger partial charge on any atom is 0.126 e. The van der Waals surface area contributed by atoms with Crippen LogP contribution in [-0.4, -0.2) is 23.2 Å². The number of nitrogens with zero attached hydrogens (tertiary/aromatic N) is 1. The van der Waals surface area contributed by atoms with Crippen molar-refractivity contribution in [3.63, 3.8) is 0 Å². The van der Waals surface area contributed by atoms with Crippen LogP contribution in [0.15, 0.2) is 18.3 Å². The van der Waals surface area contributed by atoms with Crippen LogP contribution in [0.3, 0.4) is 0 Å². The Labute approximate surface area is 96.2 Å². The van der Waals surface area contributed by atoms with E-state index in [4.69, 9.17) is 10.5 Å². The second-order valence-electron chi connectivity index (χ2n) is 4.92. The largest absolute Gasteiger partial charge is 0.397 e. The van der Waals surface area contributed by atoms with E-state index < -0.39 is 0 Å². The van der Waals surface area contributed by atoms with Crippen LogP contribution >= 0.6 is 0 Å². The summed E-state index contributed by atoms with van der Waals surface area (Å²) in [6.45, 7) is 5.05. The molecule has 88 valence electrons. The van der Waals surface area contributed by atoms with Crippen molar-refractivity contribution in [2.45, 2.75) is 38.3 Å². The van der Waals surface area contributed by atoms with Gasteiger partial charge in [0.1, 0.15) is 5.82 Å². The third-order valence-corrected chi connectivity index (χ3v) is 2.84. The smallest absolute Gasteiger partial charge is 0.126 e. The summed E-state index contributed by atoms with van der Waals surface area (Å²) in [6.07, 6.45) is 3.70. The van der Waals surface area contributed by atoms with Crippen molar-refractivity contribution in [1.82, 2.24) is 4.98 Å². The number of nitrogens with one attached hydrogen (secondary N) is 1. The first-order valence-electron chi connectivity index (χ1n) is 5.67. The van der Waals surface area contributed by atoms with E-state index in [9.17, 15) is 0 Å². The predicted octanol–water partition coefficient (Wildman–Crippen LogP) is 2.03. The molecule has 0 aromatic carbocycles. The fourth-order valence-corrected chi connectivity index (χ4v) is 2.05. The highest BCUT2D eigenvalue weighted by atomic mass is 16.5. The molecule has 1 atom stereocenters. The van der Waals surface area contributed by atoms with Gasteiger partial charge < -0.3 is 15.8 Å². The fourth-order valence-electron chi connectivity index (χ4n) is 2.05. The molecule has 0 radical (unpaired) electrons. The number of hydrogen-bond acceptors (Lipinski definition) is 4. The van der Waals surface area contributed by atoms with Crippen LogP contribution in [0.25, 0.3) is 0 Å². The molecule has 0 spiro atoms. The summed E-state index contributed by atoms with van der Waals surface area (Å²) in [5.74, 6) is 0.886. The van der Waals surface area contributed by atoms with Crippen LogP contribution in [-0.2, 0) is 4.74 Å². The van der Waals surface area contributed by atoms with Crippen molar-refractivity contribution in [2.75, 3.05) is 17.7 Å². The molecule has 0 saturated carbocycles. The molecule has 1 saturated heterocycles. The first-order chi connectivity index (χ1) is 7.55. The zero-order valence-corrected chi connectivity index (χ0v) is 9.86. The van der Waals surface area contributed by atoms with Gasteiger partial charge in [-0.25, -0.2) is 4.98 Å². The Hall–Kier alpha value is -1.29. The molecule has 1 aliphatic heterocycles. The van der Waals surface area contributed by atoms with Crippen LogP contribution in [0.2, 0.25) is 0 Å². The van der Waals surface area contributed by atoms with Gasteiger partial charge in [-0.15, -0.1) is 0 Å². The number of ether oxygens (including phenoxy) is 1. The van der Waals surface area contributed by atoms with Crippen molar-refractivity contribution < 1.29 is 4.74 Å². The highest BCUT2D eigenvalue weighted by molar-refractivity contribution is 5.44. The summed E-state index contributed by atoms with van der Waals surface area (Å²) in [6, 6.07) is 4.21. The van der Waals surface area contributed by atoms with Gasteiger partial charge in [-0.05, 0) is 38.8 Å². The molecule has 0 amide bonds. The Morgan fingerprint density at radius 3 is 2.94 bits per heavy atom. The molecule has 0 bridgehead atoms. The molecule has 3 N–H and O–H groups in total. The first kappa shape index (κ1) is 11.2. The Balaban J connectivity index is 1.97. The Morgan fingerprint density at radius 2 is 2.31 bits per heavy atom. The highest BCUT2D eigenvalue weighted by Crippen LogP contribution is 2.25. The van der Waals surface area contributed by atoms with Gasteiger partial charge >= 0.3 is 0 Å². The Morgan fingerprint density at radius 1 is 1.50 bits per heavy atom. The van der Waals surface area contributed by atoms with Gasteiger partial charge in [-0.1, -0.05) is 0 Å². The van der Waals surface area contributed by atoms with Crippen molar-refractivity contribution in [3.8, 4) is 0 Å². The van der Waals surface area contributed by atoms with Crippen LogP contribution in [0.4, 0.5) is 11.5 Å². The van der Waals surface area contributed by atoms with E-state index in [1.54, 1.807) is 6.20 Å². The van der Waals surface area contributed by atoms with E-state index in [1.165, 1.54) is 0 Å². The van der Waals surface area contributed by atoms with Crippen molar-refractivity contribution >= 4 is 11.5 Å². The van der Waals surface area contributed by atoms with E-state index in [-0.39, 0.29) is 5.60 Å². The van der Waals surface area contributed by atoms with E-state index in [1.807, 2.05) is 12.1 Å². The van der Waals surface area contributed by atoms with Gasteiger partial charge in [0.05, 0.1) is 17.5 Å². The molecule has 1 fully saturated rings. The topological polar surface area (TPSA) is 60.2 Å². The number of aromatic nitrogens is 1. The molecule has 0 aliphatic carbocycles. The summed E-state index contributed by atoms with van der Waals surface area (Å²) in [5, 5.41) is 3.42. The summed E-state index contributed by atoms with van der Waals surface area (Å²) >= 11 is 0. The normalized spacial score (nSPS) is 24.0. The second kappa shape index (κ2) is 4.29. The van der Waals surface area contributed by atoms with Crippen molar-refractivity contribution in [3.05, 3.63) is 18.3 Å². The van der Waals surface area contributed by atoms with Gasteiger partial charge in [0.2, 0.25) is 0 Å². The molecule has 2 heterocycles. The second-order valence-corrected chi connectivity index (χ2v) is 4.92. The minimum Gasteiger partial charge on any atom is -0.397 e. The summed E-state index contributed by atoms with van der Waals surface area (Å²) in [4.78, 5) is 4.24. The number of nitrogens with two attached hydrogens (primary N) is 1. The SMILES string of the molecule is CC1(C)CC(Nc2ccc(N)cn2)CCO1. The quantitative estimate of drug-likeness (QED) is 0.802. The molecule has 1 aliphatic rings. The van der Waals surface area contributed by atoms with Gasteiger partial charge in [0.15, 0.2) is 0 Å². The zero-order chi connectivity index (χ0) is 11.6. The van der Waals surface area contributed by atoms with Crippen LogP contribution < -0.4 is 11.1 Å². The van der Waals surface area contributed by atoms with Gasteiger partial charge in [0, 0.05) is 12.6 Å². The van der Waals surface area contributed by atoms with Crippen LogP contribution in [0.5, 0.6) is 0 Å². The minimum atomic E-state index is -0.0380. The van der Waals surface area contributed by atoms with Crippen LogP contribution in [0.1, 0.15) is 26.7 Å². The summed E-state index contributed by atoms with van der Waals surface area (Å²) in [5.41, 5.74) is 6.25. The summed E-state index contributed by atoms with van der Waals surface area (Å²) in [7, 11) is 0. The monoisotopic (exact) mass is 221 g/mol. The zero-order valence-electron chi connectivity index (χ0n) is 9.86. The summed E-state index contributed by atoms with van der Waals surface area (Å²) < 4.78 is 5.67. The number of nitrogen functional groups attached to an aromatic ring is 1. The molecule has 1 aromatic heterocycles. The van der Waals surface area contributed by atoms with Crippen LogP contribution in [0, 0.1) is 0 Å². The third kappa shape index (κ3) is 2.85. The number of rotatable bonds is 2. The predicted molar refractivity (Wildman–Crippen MR) is 65.3 cm³/mol. The molecule has 4 heteroatoms. The van der Waals surface area contributed by atoms with Crippen molar-refractivity contribution in [1.29, 1.82) is 0 Å². The molecule has 16 heavy (non-hydrogen) atoms. The van der Waals surface area contributed by atoms with Gasteiger partial charge in [0.25, 0.3) is 0 Å². The van der Waals surface area contributed by atoms with E-state index in [0.29, 0.717) is 11.7 Å². The van der Waals surface area contributed by atoms with E-state index in [0.717, 1.165) is 25.3 Å². The van der Waals surface area contributed by atoms with Gasteiger partial charge in [-0.2, -0.15) is 0 Å². The molecule has 4 nitrogen and oxygen atoms in total. The third-order valence-electron chi connectivity index (χ3n) is 2.84. The lowest BCUT2D eigenvalue weighted by Gasteiger charge is -2.36. The highest BCUT2D eigenvalue weighted by Gasteiger charge is 2.28. The van der Waals surface area contributed by atoms with E-state index in [2.05, 4.69) is 24.1 Å². The molecule has 1 unspecified atom stereocenters. The average Bonchev–Trinajstić information content (AvgIpc) is 2.20. The average molecular weight is 221 g/mol. The Kier molecular flexibility index (Phi) is 3.01. The Bertz CT molecular complexity index is 348. The lowest BCUT2D eigenvalue weighted by atomic mass is 9.94. The lowest BCUT2D eigenvalue weighted by molar-refractivity contribution is -0.0553. The van der Waals surface area contributed by atoms with Crippen molar-refractivity contribution in [2.24, 2.45) is 0 Å².